The van der Waals surface area contributed by atoms with Crippen molar-refractivity contribution in [2.24, 2.45) is 0 Å². The third kappa shape index (κ3) is 4.66. The molecule has 25 heavy (non-hydrogen) atoms. The Kier molecular flexibility index (Phi) is 7.13. The van der Waals surface area contributed by atoms with Crippen molar-refractivity contribution in [3.05, 3.63) is 40.1 Å². The van der Waals surface area contributed by atoms with Crippen LogP contribution >= 0.6 is 11.3 Å². The second-order valence-corrected chi connectivity index (χ2v) is 6.52. The van der Waals surface area contributed by atoms with Crippen LogP contribution in [0.15, 0.2) is 29.6 Å². The summed E-state index contributed by atoms with van der Waals surface area (Å²) in [7, 11) is 4.74. The Morgan fingerprint density at radius 1 is 1.12 bits per heavy atom. The fourth-order valence-electron chi connectivity index (χ4n) is 2.74. The van der Waals surface area contributed by atoms with Crippen LogP contribution in [0.25, 0.3) is 0 Å². The lowest BCUT2D eigenvalue weighted by Gasteiger charge is -2.17. The van der Waals surface area contributed by atoms with E-state index in [0.29, 0.717) is 30.1 Å². The minimum absolute atomic E-state index is 0.0251. The Labute approximate surface area is 152 Å². The summed E-state index contributed by atoms with van der Waals surface area (Å²) in [5, 5.41) is 5.13. The summed E-state index contributed by atoms with van der Waals surface area (Å²) in [6, 6.07) is 7.86. The molecule has 6 heteroatoms. The number of hydrogen-bond acceptors (Lipinski definition) is 5. The number of hydrogen-bond donors (Lipinski definition) is 1. The van der Waals surface area contributed by atoms with E-state index >= 15 is 0 Å². The summed E-state index contributed by atoms with van der Waals surface area (Å²) < 4.78 is 16.1. The van der Waals surface area contributed by atoms with Gasteiger partial charge in [0.15, 0.2) is 11.5 Å². The van der Waals surface area contributed by atoms with Crippen LogP contribution in [0.1, 0.15) is 36.2 Å². The van der Waals surface area contributed by atoms with Gasteiger partial charge in [-0.25, -0.2) is 0 Å². The van der Waals surface area contributed by atoms with Crippen molar-refractivity contribution >= 4 is 17.2 Å². The SMILES string of the molecule is CCC(NC(=O)CCc1ccc(OC)c(OC)c1OC)c1cccs1. The molecular formula is C19H25NO4S. The van der Waals surface area contributed by atoms with E-state index in [1.165, 1.54) is 4.88 Å². The Balaban J connectivity index is 2.04. The predicted octanol–water partition coefficient (Wildman–Crippen LogP) is 3.97. The van der Waals surface area contributed by atoms with Crippen LogP contribution in [0.5, 0.6) is 17.2 Å². The molecule has 1 N–H and O–H groups in total. The number of carbonyl (C=O) groups is 1. The van der Waals surface area contributed by atoms with E-state index in [2.05, 4.69) is 18.3 Å². The van der Waals surface area contributed by atoms with Crippen molar-refractivity contribution in [3.63, 3.8) is 0 Å². The third-order valence-electron chi connectivity index (χ3n) is 4.04. The second kappa shape index (κ2) is 9.32. The van der Waals surface area contributed by atoms with E-state index in [1.54, 1.807) is 32.7 Å². The molecule has 2 aromatic rings. The van der Waals surface area contributed by atoms with Crippen molar-refractivity contribution in [2.75, 3.05) is 21.3 Å². The van der Waals surface area contributed by atoms with Gasteiger partial charge in [-0.15, -0.1) is 11.3 Å². The topological polar surface area (TPSA) is 56.8 Å². The number of rotatable bonds is 9. The highest BCUT2D eigenvalue weighted by Gasteiger charge is 2.18. The van der Waals surface area contributed by atoms with E-state index in [-0.39, 0.29) is 11.9 Å². The molecule has 0 bridgehead atoms. The minimum Gasteiger partial charge on any atom is -0.493 e. The molecule has 1 heterocycles. The summed E-state index contributed by atoms with van der Waals surface area (Å²) in [5.41, 5.74) is 0.916. The van der Waals surface area contributed by atoms with E-state index in [1.807, 2.05) is 23.6 Å². The fourth-order valence-corrected chi connectivity index (χ4v) is 3.60. The molecule has 0 spiro atoms. The number of benzene rings is 1. The summed E-state index contributed by atoms with van der Waals surface area (Å²) in [6.07, 6.45) is 1.82. The van der Waals surface area contributed by atoms with Crippen molar-refractivity contribution < 1.29 is 19.0 Å². The van der Waals surface area contributed by atoms with Gasteiger partial charge in [0.25, 0.3) is 0 Å². The first-order valence-electron chi connectivity index (χ1n) is 8.25. The van der Waals surface area contributed by atoms with Crippen LogP contribution in [-0.2, 0) is 11.2 Å². The van der Waals surface area contributed by atoms with E-state index in [9.17, 15) is 4.79 Å². The minimum atomic E-state index is 0.0251. The second-order valence-electron chi connectivity index (χ2n) is 5.54. The van der Waals surface area contributed by atoms with E-state index in [4.69, 9.17) is 14.2 Å². The third-order valence-corrected chi connectivity index (χ3v) is 5.02. The van der Waals surface area contributed by atoms with Crippen molar-refractivity contribution in [2.45, 2.75) is 32.2 Å². The molecule has 0 saturated carbocycles. The van der Waals surface area contributed by atoms with Crippen LogP contribution in [0.2, 0.25) is 0 Å². The number of methoxy groups -OCH3 is 3. The molecule has 1 aromatic heterocycles. The number of carbonyl (C=O) groups excluding carboxylic acids is 1. The molecule has 5 nitrogen and oxygen atoms in total. The summed E-state index contributed by atoms with van der Waals surface area (Å²) in [5.74, 6) is 1.79. The van der Waals surface area contributed by atoms with Gasteiger partial charge in [-0.3, -0.25) is 4.79 Å². The highest BCUT2D eigenvalue weighted by molar-refractivity contribution is 7.10. The first-order chi connectivity index (χ1) is 12.1. The normalized spacial score (nSPS) is 11.7. The first kappa shape index (κ1) is 19.1. The maximum atomic E-state index is 12.4. The summed E-state index contributed by atoms with van der Waals surface area (Å²) in [6.45, 7) is 2.07. The standard InChI is InChI=1S/C19H25NO4S/c1-5-14(16-7-6-12-25-16)20-17(21)11-9-13-8-10-15(22-2)19(24-4)18(13)23-3/h6-8,10,12,14H,5,9,11H2,1-4H3,(H,20,21). The predicted molar refractivity (Wildman–Crippen MR) is 99.9 cm³/mol. The Bertz CT molecular complexity index is 685. The van der Waals surface area contributed by atoms with E-state index < -0.39 is 0 Å². The Morgan fingerprint density at radius 2 is 1.88 bits per heavy atom. The van der Waals surface area contributed by atoms with E-state index in [0.717, 1.165) is 12.0 Å². The number of nitrogens with one attached hydrogen (secondary N) is 1. The first-order valence-corrected chi connectivity index (χ1v) is 9.13. The van der Waals surface area contributed by atoms with Gasteiger partial charge in [-0.05, 0) is 35.9 Å². The molecule has 136 valence electrons. The molecule has 1 amide bonds. The lowest BCUT2D eigenvalue weighted by atomic mass is 10.1. The van der Waals surface area contributed by atoms with Crippen LogP contribution in [0.3, 0.4) is 0 Å². The molecule has 2 rings (SSSR count). The smallest absolute Gasteiger partial charge is 0.220 e. The molecule has 0 aliphatic carbocycles. The van der Waals surface area contributed by atoms with Crippen LogP contribution < -0.4 is 19.5 Å². The molecular weight excluding hydrogens is 338 g/mol. The number of aryl methyl sites for hydroxylation is 1. The molecule has 0 aliphatic rings. The molecule has 0 aliphatic heterocycles. The quantitative estimate of drug-likeness (QED) is 0.732. The van der Waals surface area contributed by atoms with Crippen molar-refractivity contribution in [3.8, 4) is 17.2 Å². The van der Waals surface area contributed by atoms with Gasteiger partial charge in [0.2, 0.25) is 11.7 Å². The molecule has 0 radical (unpaired) electrons. The van der Waals surface area contributed by atoms with Gasteiger partial charge in [0.1, 0.15) is 0 Å². The van der Waals surface area contributed by atoms with Crippen molar-refractivity contribution in [1.29, 1.82) is 0 Å². The molecule has 0 saturated heterocycles. The summed E-state index contributed by atoms with van der Waals surface area (Å²) >= 11 is 1.66. The zero-order valence-corrected chi connectivity index (χ0v) is 15.9. The number of amides is 1. The molecule has 1 aromatic carbocycles. The highest BCUT2D eigenvalue weighted by Crippen LogP contribution is 2.40. The monoisotopic (exact) mass is 363 g/mol. The largest absolute Gasteiger partial charge is 0.493 e. The van der Waals surface area contributed by atoms with Gasteiger partial charge in [0.05, 0.1) is 27.4 Å². The molecule has 1 atom stereocenters. The highest BCUT2D eigenvalue weighted by atomic mass is 32.1. The number of ether oxygens (including phenoxy) is 3. The van der Waals surface area contributed by atoms with Crippen LogP contribution in [0.4, 0.5) is 0 Å². The van der Waals surface area contributed by atoms with Crippen molar-refractivity contribution in [1.82, 2.24) is 5.32 Å². The van der Waals surface area contributed by atoms with Crippen LogP contribution in [0, 0.1) is 0 Å². The average molecular weight is 363 g/mol. The summed E-state index contributed by atoms with van der Waals surface area (Å²) in [4.78, 5) is 13.5. The Morgan fingerprint density at radius 3 is 2.44 bits per heavy atom. The maximum Gasteiger partial charge on any atom is 0.220 e. The van der Waals surface area contributed by atoms with Gasteiger partial charge >= 0.3 is 0 Å². The maximum absolute atomic E-state index is 12.4. The van der Waals surface area contributed by atoms with Gasteiger partial charge < -0.3 is 19.5 Å². The average Bonchev–Trinajstić information content (AvgIpc) is 3.17. The molecule has 0 fully saturated rings. The van der Waals surface area contributed by atoms with Gasteiger partial charge in [-0.2, -0.15) is 0 Å². The zero-order chi connectivity index (χ0) is 18.2. The van der Waals surface area contributed by atoms with Gasteiger partial charge in [0, 0.05) is 11.3 Å². The zero-order valence-electron chi connectivity index (χ0n) is 15.1. The van der Waals surface area contributed by atoms with Gasteiger partial charge in [-0.1, -0.05) is 19.1 Å². The van der Waals surface area contributed by atoms with Crippen LogP contribution in [-0.4, -0.2) is 27.2 Å². The lowest BCUT2D eigenvalue weighted by Crippen LogP contribution is -2.27. The fraction of sp³-hybridized carbons (Fsp3) is 0.421. The molecule has 1 unspecified atom stereocenters. The lowest BCUT2D eigenvalue weighted by molar-refractivity contribution is -0.121. The number of thiophene rings is 1. The Hall–Kier alpha value is -2.21.